The predicted molar refractivity (Wildman–Crippen MR) is 63.1 cm³/mol. The molecule has 0 radical (unpaired) electrons. The van der Waals surface area contributed by atoms with Gasteiger partial charge in [0, 0.05) is 11.6 Å². The molecule has 1 aromatic carbocycles. The molecule has 0 aliphatic rings. The first-order valence-corrected chi connectivity index (χ1v) is 5.14. The van der Waals surface area contributed by atoms with Crippen LogP contribution in [0.3, 0.4) is 0 Å². The highest BCUT2D eigenvalue weighted by atomic mass is 16.6. The second kappa shape index (κ2) is 4.53. The first-order chi connectivity index (χ1) is 7.77. The zero-order valence-electron chi connectivity index (χ0n) is 10.3. The van der Waals surface area contributed by atoms with Crippen LogP contribution in [0.25, 0.3) is 0 Å². The van der Waals surface area contributed by atoms with Crippen LogP contribution in [0.1, 0.15) is 36.7 Å². The molecule has 0 unspecified atom stereocenters. The van der Waals surface area contributed by atoms with Gasteiger partial charge in [-0.1, -0.05) is 26.8 Å². The van der Waals surface area contributed by atoms with Crippen molar-refractivity contribution in [2.24, 2.45) is 0 Å². The minimum atomic E-state index is -0.575. The summed E-state index contributed by atoms with van der Waals surface area (Å²) in [7, 11) is 1.24. The van der Waals surface area contributed by atoms with Gasteiger partial charge in [-0.2, -0.15) is 0 Å². The number of nitrogens with zero attached hydrogens (tertiary/aromatic N) is 1. The lowest BCUT2D eigenvalue weighted by Crippen LogP contribution is -2.14. The fourth-order valence-electron chi connectivity index (χ4n) is 1.56. The largest absolute Gasteiger partial charge is 0.465 e. The van der Waals surface area contributed by atoms with E-state index in [2.05, 4.69) is 4.74 Å². The average molecular weight is 237 g/mol. The molecule has 5 nitrogen and oxygen atoms in total. The van der Waals surface area contributed by atoms with Crippen LogP contribution in [-0.2, 0) is 10.2 Å². The van der Waals surface area contributed by atoms with E-state index in [1.807, 2.05) is 20.8 Å². The molecule has 0 saturated carbocycles. The van der Waals surface area contributed by atoms with Gasteiger partial charge in [0.25, 0.3) is 5.69 Å². The fourth-order valence-corrected chi connectivity index (χ4v) is 1.56. The second-order valence-electron chi connectivity index (χ2n) is 4.73. The maximum Gasteiger partial charge on any atom is 0.338 e. The Bertz CT molecular complexity index is 460. The van der Waals surface area contributed by atoms with Crippen molar-refractivity contribution < 1.29 is 14.5 Å². The summed E-state index contributed by atoms with van der Waals surface area (Å²) in [6.07, 6.45) is 0. The monoisotopic (exact) mass is 237 g/mol. The van der Waals surface area contributed by atoms with Crippen molar-refractivity contribution in [2.75, 3.05) is 7.11 Å². The minimum Gasteiger partial charge on any atom is -0.465 e. The number of nitro benzene ring substituents is 1. The summed E-state index contributed by atoms with van der Waals surface area (Å²) in [5, 5.41) is 11.0. The molecule has 17 heavy (non-hydrogen) atoms. The molecule has 0 spiro atoms. The van der Waals surface area contributed by atoms with Crippen LogP contribution in [-0.4, -0.2) is 18.0 Å². The highest BCUT2D eigenvalue weighted by molar-refractivity contribution is 5.90. The van der Waals surface area contributed by atoms with Crippen molar-refractivity contribution in [3.63, 3.8) is 0 Å². The molecule has 0 bridgehead atoms. The Labute approximate surface area is 99.5 Å². The Kier molecular flexibility index (Phi) is 3.50. The SMILES string of the molecule is COC(=O)c1ccc(C(C)(C)C)c([N+](=O)[O-])c1. The Hall–Kier alpha value is -1.91. The molecule has 1 rings (SSSR count). The number of hydrogen-bond donors (Lipinski definition) is 0. The molecular formula is C12H15NO4. The summed E-state index contributed by atoms with van der Waals surface area (Å²) in [6.45, 7) is 5.65. The van der Waals surface area contributed by atoms with E-state index in [1.165, 1.54) is 13.2 Å². The van der Waals surface area contributed by atoms with E-state index >= 15 is 0 Å². The van der Waals surface area contributed by atoms with E-state index in [9.17, 15) is 14.9 Å². The molecule has 0 heterocycles. The highest BCUT2D eigenvalue weighted by Gasteiger charge is 2.26. The number of esters is 1. The number of ether oxygens (including phenoxy) is 1. The summed E-state index contributed by atoms with van der Waals surface area (Å²) in [5.74, 6) is -0.575. The van der Waals surface area contributed by atoms with Crippen molar-refractivity contribution in [3.8, 4) is 0 Å². The Balaban J connectivity index is 3.37. The van der Waals surface area contributed by atoms with Crippen LogP contribution in [0, 0.1) is 10.1 Å². The maximum absolute atomic E-state index is 11.3. The van der Waals surface area contributed by atoms with Crippen molar-refractivity contribution in [3.05, 3.63) is 39.4 Å². The lowest BCUT2D eigenvalue weighted by Gasteiger charge is -2.18. The number of rotatable bonds is 2. The van der Waals surface area contributed by atoms with Crippen LogP contribution >= 0.6 is 0 Å². The molecular weight excluding hydrogens is 222 g/mol. The fraction of sp³-hybridized carbons (Fsp3) is 0.417. The smallest absolute Gasteiger partial charge is 0.338 e. The van der Waals surface area contributed by atoms with Gasteiger partial charge in [-0.3, -0.25) is 10.1 Å². The lowest BCUT2D eigenvalue weighted by atomic mass is 9.85. The average Bonchev–Trinajstić information content (AvgIpc) is 2.25. The van der Waals surface area contributed by atoms with Gasteiger partial charge in [0.15, 0.2) is 0 Å². The topological polar surface area (TPSA) is 69.4 Å². The molecule has 0 saturated heterocycles. The van der Waals surface area contributed by atoms with E-state index in [4.69, 9.17) is 0 Å². The number of methoxy groups -OCH3 is 1. The van der Waals surface area contributed by atoms with Gasteiger partial charge >= 0.3 is 5.97 Å². The van der Waals surface area contributed by atoms with Crippen LogP contribution in [0.4, 0.5) is 5.69 Å². The predicted octanol–water partition coefficient (Wildman–Crippen LogP) is 2.68. The third-order valence-electron chi connectivity index (χ3n) is 2.42. The first kappa shape index (κ1) is 13.2. The minimum absolute atomic E-state index is 0.0552. The Morgan fingerprint density at radius 2 is 1.94 bits per heavy atom. The van der Waals surface area contributed by atoms with Crippen LogP contribution in [0.15, 0.2) is 18.2 Å². The summed E-state index contributed by atoms with van der Waals surface area (Å²) >= 11 is 0. The molecule has 5 heteroatoms. The number of benzene rings is 1. The molecule has 0 aliphatic heterocycles. The van der Waals surface area contributed by atoms with Gasteiger partial charge in [-0.25, -0.2) is 4.79 Å². The van der Waals surface area contributed by atoms with E-state index in [0.29, 0.717) is 5.56 Å². The van der Waals surface area contributed by atoms with Crippen LogP contribution in [0.5, 0.6) is 0 Å². The van der Waals surface area contributed by atoms with Crippen LogP contribution < -0.4 is 0 Å². The summed E-state index contributed by atoms with van der Waals surface area (Å²) in [4.78, 5) is 21.8. The number of nitro groups is 1. The Morgan fingerprint density at radius 1 is 1.35 bits per heavy atom. The molecule has 0 amide bonds. The molecule has 0 atom stereocenters. The summed E-state index contributed by atoms with van der Waals surface area (Å²) in [6, 6.07) is 4.40. The summed E-state index contributed by atoms with van der Waals surface area (Å²) in [5.41, 5.74) is 0.375. The molecule has 0 fully saturated rings. The highest BCUT2D eigenvalue weighted by Crippen LogP contribution is 2.31. The van der Waals surface area contributed by atoms with Gasteiger partial charge in [0.05, 0.1) is 17.6 Å². The lowest BCUT2D eigenvalue weighted by molar-refractivity contribution is -0.386. The molecule has 0 aliphatic carbocycles. The first-order valence-electron chi connectivity index (χ1n) is 5.14. The van der Waals surface area contributed by atoms with Gasteiger partial charge in [-0.05, 0) is 11.5 Å². The molecule has 0 N–H and O–H groups in total. The van der Waals surface area contributed by atoms with Crippen molar-refractivity contribution in [1.82, 2.24) is 0 Å². The quantitative estimate of drug-likeness (QED) is 0.450. The van der Waals surface area contributed by atoms with E-state index in [0.717, 1.165) is 0 Å². The zero-order chi connectivity index (χ0) is 13.2. The third-order valence-corrected chi connectivity index (χ3v) is 2.42. The van der Waals surface area contributed by atoms with Gasteiger partial charge in [0.2, 0.25) is 0 Å². The van der Waals surface area contributed by atoms with Gasteiger partial charge in [0.1, 0.15) is 0 Å². The normalized spacial score (nSPS) is 11.1. The van der Waals surface area contributed by atoms with Gasteiger partial charge < -0.3 is 4.74 Å². The number of carbonyl (C=O) groups is 1. The molecule has 92 valence electrons. The maximum atomic E-state index is 11.3. The number of carbonyl (C=O) groups excluding carboxylic acids is 1. The molecule has 0 aromatic heterocycles. The van der Waals surface area contributed by atoms with Crippen molar-refractivity contribution >= 4 is 11.7 Å². The van der Waals surface area contributed by atoms with E-state index in [-0.39, 0.29) is 16.7 Å². The summed E-state index contributed by atoms with van der Waals surface area (Å²) < 4.78 is 4.53. The Morgan fingerprint density at radius 3 is 2.35 bits per heavy atom. The van der Waals surface area contributed by atoms with Crippen LogP contribution in [0.2, 0.25) is 0 Å². The molecule has 1 aromatic rings. The standard InChI is InChI=1S/C12H15NO4/c1-12(2,3)9-6-5-8(11(14)17-4)7-10(9)13(15)16/h5-7H,1-4H3. The van der Waals surface area contributed by atoms with E-state index < -0.39 is 10.9 Å². The van der Waals surface area contributed by atoms with Gasteiger partial charge in [-0.15, -0.1) is 0 Å². The zero-order valence-corrected chi connectivity index (χ0v) is 10.3. The second-order valence-corrected chi connectivity index (χ2v) is 4.73. The van der Waals surface area contributed by atoms with Crippen molar-refractivity contribution in [2.45, 2.75) is 26.2 Å². The third kappa shape index (κ3) is 2.81. The van der Waals surface area contributed by atoms with Crippen molar-refractivity contribution in [1.29, 1.82) is 0 Å². The van der Waals surface area contributed by atoms with E-state index in [1.54, 1.807) is 12.1 Å². The number of hydrogen-bond acceptors (Lipinski definition) is 4.